The molecule has 0 atom stereocenters. The average Bonchev–Trinajstić information content (AvgIpc) is 2.05. The highest BCUT2D eigenvalue weighted by atomic mass is 35.5. The predicted molar refractivity (Wildman–Crippen MR) is 51.0 cm³/mol. The lowest BCUT2D eigenvalue weighted by Gasteiger charge is -2.07. The van der Waals surface area contributed by atoms with Gasteiger partial charge >= 0.3 is 0 Å². The monoisotopic (exact) mass is 166 g/mol. The van der Waals surface area contributed by atoms with Crippen LogP contribution in [0.15, 0.2) is 30.3 Å². The molecule has 0 saturated carbocycles. The molecular formula is C10H11Cl. The van der Waals surface area contributed by atoms with Crippen LogP contribution in [0.4, 0.5) is 0 Å². The summed E-state index contributed by atoms with van der Waals surface area (Å²) >= 11 is 0. The maximum absolute atomic E-state index is 2.24. The molecule has 0 aliphatic heterocycles. The summed E-state index contributed by atoms with van der Waals surface area (Å²) in [6.45, 7) is 0. The Balaban J connectivity index is 0.000000605. The molecule has 0 spiro atoms. The number of halogens is 1. The minimum atomic E-state index is 0. The number of hydrogen-bond donors (Lipinski definition) is 0. The van der Waals surface area contributed by atoms with Crippen molar-refractivity contribution in [2.45, 2.75) is 12.8 Å². The van der Waals surface area contributed by atoms with Crippen molar-refractivity contribution >= 4 is 18.5 Å². The van der Waals surface area contributed by atoms with Gasteiger partial charge in [-0.25, -0.2) is 0 Å². The van der Waals surface area contributed by atoms with Crippen LogP contribution in [-0.2, 0) is 6.42 Å². The lowest BCUT2D eigenvalue weighted by atomic mass is 9.98. The van der Waals surface area contributed by atoms with Gasteiger partial charge in [0.05, 0.1) is 0 Å². The van der Waals surface area contributed by atoms with Crippen LogP contribution in [0, 0.1) is 0 Å². The number of benzene rings is 1. The van der Waals surface area contributed by atoms with E-state index >= 15 is 0 Å². The molecule has 1 aromatic rings. The van der Waals surface area contributed by atoms with Gasteiger partial charge in [-0.05, 0) is 24.0 Å². The van der Waals surface area contributed by atoms with Crippen molar-refractivity contribution in [1.29, 1.82) is 0 Å². The maximum Gasteiger partial charge on any atom is -0.0228 e. The van der Waals surface area contributed by atoms with E-state index in [1.165, 1.54) is 24.0 Å². The zero-order chi connectivity index (χ0) is 6.81. The molecule has 0 nitrogen and oxygen atoms in total. The second kappa shape index (κ2) is 3.59. The highest BCUT2D eigenvalue weighted by Crippen LogP contribution is 2.17. The second-order valence-electron chi connectivity index (χ2n) is 2.64. The standard InChI is InChI=1S/C10H10.ClH/c1-2-6-10-8-4-3-7-9(10)5-1;/h1-3,5-7H,4,8H2;1H. The Hall–Kier alpha value is -0.750. The van der Waals surface area contributed by atoms with E-state index in [0.717, 1.165) is 0 Å². The summed E-state index contributed by atoms with van der Waals surface area (Å²) < 4.78 is 0. The summed E-state index contributed by atoms with van der Waals surface area (Å²) in [4.78, 5) is 0. The van der Waals surface area contributed by atoms with Gasteiger partial charge < -0.3 is 0 Å². The first-order chi connectivity index (χ1) is 4.97. The van der Waals surface area contributed by atoms with Crippen LogP contribution in [-0.4, -0.2) is 0 Å². The highest BCUT2D eigenvalue weighted by Gasteiger charge is 2.00. The molecule has 0 N–H and O–H groups in total. The van der Waals surface area contributed by atoms with Gasteiger partial charge in [0.2, 0.25) is 0 Å². The molecule has 58 valence electrons. The number of rotatable bonds is 0. The fraction of sp³-hybridized carbons (Fsp3) is 0.200. The molecule has 1 heteroatoms. The summed E-state index contributed by atoms with van der Waals surface area (Å²) in [6.07, 6.45) is 6.87. The van der Waals surface area contributed by atoms with E-state index in [0.29, 0.717) is 0 Å². The van der Waals surface area contributed by atoms with Crippen molar-refractivity contribution in [2.24, 2.45) is 0 Å². The lowest BCUT2D eigenvalue weighted by Crippen LogP contribution is -1.91. The molecule has 0 amide bonds. The summed E-state index contributed by atoms with van der Waals surface area (Å²) in [5.41, 5.74) is 2.89. The van der Waals surface area contributed by atoms with E-state index < -0.39 is 0 Å². The summed E-state index contributed by atoms with van der Waals surface area (Å²) in [5.74, 6) is 0. The van der Waals surface area contributed by atoms with Crippen LogP contribution in [0.1, 0.15) is 17.5 Å². The van der Waals surface area contributed by atoms with E-state index in [1.54, 1.807) is 0 Å². The van der Waals surface area contributed by atoms with Gasteiger partial charge in [0.15, 0.2) is 0 Å². The number of allylic oxidation sites excluding steroid dienone is 1. The lowest BCUT2D eigenvalue weighted by molar-refractivity contribution is 0.986. The van der Waals surface area contributed by atoms with E-state index in [2.05, 4.69) is 36.4 Å². The van der Waals surface area contributed by atoms with Crippen LogP contribution >= 0.6 is 12.4 Å². The Morgan fingerprint density at radius 2 is 1.91 bits per heavy atom. The number of aryl methyl sites for hydroxylation is 1. The fourth-order valence-corrected chi connectivity index (χ4v) is 1.37. The molecule has 0 unspecified atom stereocenters. The van der Waals surface area contributed by atoms with Crippen LogP contribution in [0.2, 0.25) is 0 Å². The minimum absolute atomic E-state index is 0. The molecule has 1 aliphatic carbocycles. The van der Waals surface area contributed by atoms with Gasteiger partial charge in [-0.2, -0.15) is 0 Å². The van der Waals surface area contributed by atoms with Gasteiger partial charge in [-0.3, -0.25) is 0 Å². The summed E-state index contributed by atoms with van der Waals surface area (Å²) in [6, 6.07) is 8.58. The third-order valence-corrected chi connectivity index (χ3v) is 1.93. The highest BCUT2D eigenvalue weighted by molar-refractivity contribution is 5.85. The molecule has 0 aromatic heterocycles. The quantitative estimate of drug-likeness (QED) is 0.556. The topological polar surface area (TPSA) is 0 Å². The van der Waals surface area contributed by atoms with Gasteiger partial charge in [0.1, 0.15) is 0 Å². The van der Waals surface area contributed by atoms with E-state index in [-0.39, 0.29) is 12.4 Å². The number of fused-ring (bicyclic) bond motifs is 1. The van der Waals surface area contributed by atoms with Crippen molar-refractivity contribution in [2.75, 3.05) is 0 Å². The first-order valence-corrected chi connectivity index (χ1v) is 3.71. The molecular weight excluding hydrogens is 156 g/mol. The van der Waals surface area contributed by atoms with E-state index in [9.17, 15) is 0 Å². The van der Waals surface area contributed by atoms with Crippen molar-refractivity contribution < 1.29 is 0 Å². The predicted octanol–water partition coefficient (Wildman–Crippen LogP) is 3.07. The van der Waals surface area contributed by atoms with Crippen molar-refractivity contribution in [1.82, 2.24) is 0 Å². The van der Waals surface area contributed by atoms with Crippen molar-refractivity contribution in [3.05, 3.63) is 41.5 Å². The van der Waals surface area contributed by atoms with Gasteiger partial charge in [0, 0.05) is 0 Å². The first-order valence-electron chi connectivity index (χ1n) is 3.71. The molecule has 0 fully saturated rings. The van der Waals surface area contributed by atoms with Crippen molar-refractivity contribution in [3.8, 4) is 0 Å². The molecule has 0 bridgehead atoms. The molecule has 2 rings (SSSR count). The Kier molecular flexibility index (Phi) is 2.72. The smallest absolute Gasteiger partial charge is 0.0228 e. The molecule has 1 aromatic carbocycles. The zero-order valence-corrected chi connectivity index (χ0v) is 7.10. The summed E-state index contributed by atoms with van der Waals surface area (Å²) in [5, 5.41) is 0. The average molecular weight is 167 g/mol. The van der Waals surface area contributed by atoms with Crippen LogP contribution in [0.3, 0.4) is 0 Å². The Bertz CT molecular complexity index is 263. The van der Waals surface area contributed by atoms with Crippen LogP contribution in [0.5, 0.6) is 0 Å². The molecule has 0 heterocycles. The SMILES string of the molecule is C1=Cc2ccccc2CC1.Cl. The Morgan fingerprint density at radius 1 is 1.09 bits per heavy atom. The number of hydrogen-bond acceptors (Lipinski definition) is 0. The van der Waals surface area contributed by atoms with Gasteiger partial charge in [-0.1, -0.05) is 36.4 Å². The zero-order valence-electron chi connectivity index (χ0n) is 6.29. The largest absolute Gasteiger partial charge is 0.147 e. The van der Waals surface area contributed by atoms with Crippen molar-refractivity contribution in [3.63, 3.8) is 0 Å². The Labute approximate surface area is 73.3 Å². The van der Waals surface area contributed by atoms with Gasteiger partial charge in [0.25, 0.3) is 0 Å². The minimum Gasteiger partial charge on any atom is -0.147 e. The molecule has 1 aliphatic rings. The molecule has 11 heavy (non-hydrogen) atoms. The third kappa shape index (κ3) is 1.63. The fourth-order valence-electron chi connectivity index (χ4n) is 1.37. The van der Waals surface area contributed by atoms with E-state index in [1.807, 2.05) is 0 Å². The Morgan fingerprint density at radius 3 is 2.73 bits per heavy atom. The second-order valence-corrected chi connectivity index (χ2v) is 2.64. The molecule has 0 saturated heterocycles. The first kappa shape index (κ1) is 8.35. The van der Waals surface area contributed by atoms with E-state index in [4.69, 9.17) is 0 Å². The maximum atomic E-state index is 2.24. The summed E-state index contributed by atoms with van der Waals surface area (Å²) in [7, 11) is 0. The normalized spacial score (nSPS) is 13.5. The van der Waals surface area contributed by atoms with Crippen LogP contribution < -0.4 is 0 Å². The molecule has 0 radical (unpaired) electrons. The van der Waals surface area contributed by atoms with Crippen LogP contribution in [0.25, 0.3) is 6.08 Å². The van der Waals surface area contributed by atoms with Gasteiger partial charge in [-0.15, -0.1) is 12.4 Å². The third-order valence-electron chi connectivity index (χ3n) is 1.93.